The molecule has 1 heterocycles. The highest BCUT2D eigenvalue weighted by Gasteiger charge is 2.29. The smallest absolute Gasteiger partial charge is 0.307 e. The summed E-state index contributed by atoms with van der Waals surface area (Å²) in [6.07, 6.45) is -2.84. The maximum atomic E-state index is 12.7. The molecule has 0 unspecified atom stereocenters. The van der Waals surface area contributed by atoms with Gasteiger partial charge in [-0.05, 0) is 54.8 Å². The van der Waals surface area contributed by atoms with Crippen LogP contribution in [0.15, 0.2) is 54.7 Å². The maximum absolute atomic E-state index is 12.7. The summed E-state index contributed by atoms with van der Waals surface area (Å²) < 4.78 is 39.5. The number of anilines is 1. The topological polar surface area (TPSA) is 46.9 Å². The lowest BCUT2D eigenvalue weighted by Gasteiger charge is -2.11. The van der Waals surface area contributed by atoms with Crippen molar-refractivity contribution in [3.05, 3.63) is 82.5 Å². The lowest BCUT2D eigenvalue weighted by atomic mass is 10.1. The number of nitrogens with one attached hydrogen (secondary N) is 1. The van der Waals surface area contributed by atoms with Gasteiger partial charge in [-0.1, -0.05) is 18.2 Å². The first-order valence-electron chi connectivity index (χ1n) is 8.30. The molecule has 0 fully saturated rings. The second-order valence-electron chi connectivity index (χ2n) is 6.32. The van der Waals surface area contributed by atoms with Crippen molar-refractivity contribution in [2.75, 3.05) is 5.32 Å². The molecule has 3 aromatic rings. The molecule has 0 aliphatic heterocycles. The lowest BCUT2D eigenvalue weighted by Crippen LogP contribution is -2.16. The van der Waals surface area contributed by atoms with E-state index in [0.29, 0.717) is 16.9 Å². The van der Waals surface area contributed by atoms with E-state index in [1.54, 1.807) is 18.2 Å². The predicted molar refractivity (Wildman–Crippen MR) is 96.6 cm³/mol. The minimum absolute atomic E-state index is 0.244. The molecule has 0 atom stereocenters. The van der Waals surface area contributed by atoms with E-state index in [-0.39, 0.29) is 12.5 Å². The number of carbonyl (C=O) groups is 1. The van der Waals surface area contributed by atoms with Crippen LogP contribution in [0.2, 0.25) is 0 Å². The number of hydrogen-bond acceptors (Lipinski definition) is 2. The summed E-state index contributed by atoms with van der Waals surface area (Å²) in [5.41, 5.74) is 2.59. The van der Waals surface area contributed by atoms with Crippen molar-refractivity contribution < 1.29 is 18.0 Å². The SMILES string of the molecule is Cc1ccc(C(=O)Nc2ccnn2Cc2ccc(C(F)(F)F)cc2)cc1C. The maximum Gasteiger partial charge on any atom is 0.416 e. The van der Waals surface area contributed by atoms with Gasteiger partial charge in [-0.2, -0.15) is 18.3 Å². The standard InChI is InChI=1S/C20H18F3N3O/c1-13-3-6-16(11-14(13)2)19(27)25-18-9-10-24-26(18)12-15-4-7-17(8-5-15)20(21,22)23/h3-11H,12H2,1-2H3,(H,25,27). The number of nitrogens with zero attached hydrogens (tertiary/aromatic N) is 2. The van der Waals surface area contributed by atoms with Crippen LogP contribution in [0.4, 0.5) is 19.0 Å². The molecule has 1 aromatic heterocycles. The van der Waals surface area contributed by atoms with E-state index in [2.05, 4.69) is 10.4 Å². The normalized spacial score (nSPS) is 11.4. The van der Waals surface area contributed by atoms with Gasteiger partial charge in [0.25, 0.3) is 5.91 Å². The van der Waals surface area contributed by atoms with E-state index in [9.17, 15) is 18.0 Å². The first-order valence-corrected chi connectivity index (χ1v) is 8.30. The highest BCUT2D eigenvalue weighted by Crippen LogP contribution is 2.29. The Hall–Kier alpha value is -3.09. The molecular weight excluding hydrogens is 355 g/mol. The van der Waals surface area contributed by atoms with Crippen molar-refractivity contribution in [1.82, 2.24) is 9.78 Å². The number of aromatic nitrogens is 2. The largest absolute Gasteiger partial charge is 0.416 e. The second-order valence-corrected chi connectivity index (χ2v) is 6.32. The zero-order valence-electron chi connectivity index (χ0n) is 14.8. The van der Waals surface area contributed by atoms with Gasteiger partial charge in [0.05, 0.1) is 18.3 Å². The van der Waals surface area contributed by atoms with E-state index >= 15 is 0 Å². The van der Waals surface area contributed by atoms with E-state index in [1.807, 2.05) is 19.9 Å². The predicted octanol–water partition coefficient (Wildman–Crippen LogP) is 4.82. The van der Waals surface area contributed by atoms with Gasteiger partial charge in [0.15, 0.2) is 0 Å². The zero-order valence-corrected chi connectivity index (χ0v) is 14.8. The third kappa shape index (κ3) is 4.36. The van der Waals surface area contributed by atoms with E-state index in [1.165, 1.54) is 23.0 Å². The average molecular weight is 373 g/mol. The number of amides is 1. The van der Waals surface area contributed by atoms with Gasteiger partial charge in [0.2, 0.25) is 0 Å². The molecule has 0 aliphatic rings. The highest BCUT2D eigenvalue weighted by atomic mass is 19.4. The molecule has 7 heteroatoms. The Bertz CT molecular complexity index is 959. The molecule has 1 N–H and O–H groups in total. The van der Waals surface area contributed by atoms with Crippen molar-refractivity contribution in [2.45, 2.75) is 26.6 Å². The number of rotatable bonds is 4. The fraction of sp³-hybridized carbons (Fsp3) is 0.200. The van der Waals surface area contributed by atoms with Gasteiger partial charge >= 0.3 is 6.18 Å². The van der Waals surface area contributed by atoms with Gasteiger partial charge < -0.3 is 5.32 Å². The van der Waals surface area contributed by atoms with Crippen LogP contribution >= 0.6 is 0 Å². The summed E-state index contributed by atoms with van der Waals surface area (Å²) >= 11 is 0. The van der Waals surface area contributed by atoms with Crippen LogP contribution in [0, 0.1) is 13.8 Å². The fourth-order valence-corrected chi connectivity index (χ4v) is 2.61. The molecular formula is C20H18F3N3O. The van der Waals surface area contributed by atoms with Crippen molar-refractivity contribution in [3.8, 4) is 0 Å². The molecule has 140 valence electrons. The Kier molecular flexibility index (Phi) is 5.03. The molecule has 27 heavy (non-hydrogen) atoms. The first-order chi connectivity index (χ1) is 12.7. The second kappa shape index (κ2) is 7.26. The van der Waals surface area contributed by atoms with Crippen molar-refractivity contribution in [1.29, 1.82) is 0 Å². The highest BCUT2D eigenvalue weighted by molar-refractivity contribution is 6.04. The summed E-state index contributed by atoms with van der Waals surface area (Å²) in [4.78, 5) is 12.5. The number of carbonyl (C=O) groups excluding carboxylic acids is 1. The van der Waals surface area contributed by atoms with Gasteiger partial charge in [-0.15, -0.1) is 0 Å². The van der Waals surface area contributed by atoms with Crippen LogP contribution in [0.5, 0.6) is 0 Å². The Balaban J connectivity index is 1.74. The summed E-state index contributed by atoms with van der Waals surface area (Å²) in [6, 6.07) is 11.9. The number of halogens is 3. The minimum Gasteiger partial charge on any atom is -0.307 e. The third-order valence-corrected chi connectivity index (χ3v) is 4.34. The molecule has 0 radical (unpaired) electrons. The molecule has 1 amide bonds. The minimum atomic E-state index is -4.37. The Morgan fingerprint density at radius 2 is 1.74 bits per heavy atom. The summed E-state index contributed by atoms with van der Waals surface area (Å²) in [7, 11) is 0. The molecule has 0 spiro atoms. The Morgan fingerprint density at radius 3 is 2.37 bits per heavy atom. The van der Waals surface area contributed by atoms with Crippen molar-refractivity contribution in [2.24, 2.45) is 0 Å². The number of hydrogen-bond donors (Lipinski definition) is 1. The quantitative estimate of drug-likeness (QED) is 0.713. The molecule has 0 bridgehead atoms. The van der Waals surface area contributed by atoms with Crippen LogP contribution in [-0.2, 0) is 12.7 Å². The number of aryl methyl sites for hydroxylation is 2. The zero-order chi connectivity index (χ0) is 19.6. The monoisotopic (exact) mass is 373 g/mol. The lowest BCUT2D eigenvalue weighted by molar-refractivity contribution is -0.137. The van der Waals surface area contributed by atoms with Crippen molar-refractivity contribution >= 4 is 11.7 Å². The number of alkyl halides is 3. The van der Waals surface area contributed by atoms with E-state index in [0.717, 1.165) is 23.3 Å². The van der Waals surface area contributed by atoms with E-state index < -0.39 is 11.7 Å². The molecule has 0 saturated heterocycles. The van der Waals surface area contributed by atoms with Crippen LogP contribution < -0.4 is 5.32 Å². The fourth-order valence-electron chi connectivity index (χ4n) is 2.61. The summed E-state index contributed by atoms with van der Waals surface area (Å²) in [5, 5.41) is 6.93. The summed E-state index contributed by atoms with van der Waals surface area (Å²) in [5.74, 6) is 0.199. The van der Waals surface area contributed by atoms with Gasteiger partial charge in [0, 0.05) is 11.6 Å². The van der Waals surface area contributed by atoms with Crippen LogP contribution in [-0.4, -0.2) is 15.7 Å². The molecule has 2 aromatic carbocycles. The molecule has 3 rings (SSSR count). The van der Waals surface area contributed by atoms with Gasteiger partial charge in [-0.25, -0.2) is 4.68 Å². The molecule has 0 aliphatic carbocycles. The summed E-state index contributed by atoms with van der Waals surface area (Å²) in [6.45, 7) is 4.14. The first kappa shape index (κ1) is 18.7. The van der Waals surface area contributed by atoms with Crippen molar-refractivity contribution in [3.63, 3.8) is 0 Å². The van der Waals surface area contributed by atoms with Crippen LogP contribution in [0.25, 0.3) is 0 Å². The van der Waals surface area contributed by atoms with Crippen LogP contribution in [0.1, 0.15) is 32.6 Å². The molecule has 0 saturated carbocycles. The number of benzene rings is 2. The Labute approximate surface area is 154 Å². The third-order valence-electron chi connectivity index (χ3n) is 4.34. The van der Waals surface area contributed by atoms with Gasteiger partial charge in [0.1, 0.15) is 5.82 Å². The van der Waals surface area contributed by atoms with Gasteiger partial charge in [-0.3, -0.25) is 4.79 Å². The Morgan fingerprint density at radius 1 is 1.04 bits per heavy atom. The van der Waals surface area contributed by atoms with E-state index in [4.69, 9.17) is 0 Å². The molecule has 4 nitrogen and oxygen atoms in total. The average Bonchev–Trinajstić information content (AvgIpc) is 3.03. The van der Waals surface area contributed by atoms with Crippen LogP contribution in [0.3, 0.4) is 0 Å².